The van der Waals surface area contributed by atoms with Crippen LogP contribution in [0, 0.1) is 27.7 Å². The van der Waals surface area contributed by atoms with Crippen LogP contribution < -0.4 is 37.9 Å². The number of rotatable bonds is 39. The van der Waals surface area contributed by atoms with Crippen LogP contribution in [-0.4, -0.2) is 206 Å². The van der Waals surface area contributed by atoms with Gasteiger partial charge >= 0.3 is 54.8 Å². The highest BCUT2D eigenvalue weighted by Gasteiger charge is 2.35. The molecule has 3 saturated heterocycles. The fourth-order valence-electron chi connectivity index (χ4n) is 10.8. The SMILES string of the molecule is C.C1CCOC1.CCOC(=O)COc1ccc(S)cc1C.CCOC(=O)COc1ccc(SCC(COc2ccc(C(F)(F)F)cc2)OC)cc1C.CCOC(=O)COc1ccc(SCC(O)COc2ccc(C(F)(F)F)cc2)cc1C.COC(COc1ccc(C(F)(F)F)cc1)CSc1ccc(OCC(=O)O)c(C)c1.ClCC1CO1.FC(F)(F)c1ccc(OCC2CO2)cc1.Oc1ccc(C(F)(F)F)cc1. The van der Waals surface area contributed by atoms with E-state index in [0.29, 0.717) is 103 Å². The normalized spacial score (nSPS) is 13.9. The van der Waals surface area contributed by atoms with Crippen molar-refractivity contribution in [1.82, 2.24) is 0 Å². The number of aryl methyl sites for hydroxylation is 4. The Hall–Kier alpha value is -10.5. The van der Waals surface area contributed by atoms with Gasteiger partial charge in [0.2, 0.25) is 0 Å². The number of carboxylic acids is 1. The number of carboxylic acid groups (broad SMARTS) is 1. The number of methoxy groups -OCH3 is 2. The Bertz CT molecular complexity index is 5130. The third kappa shape index (κ3) is 52.1. The second-order valence-corrected chi connectivity index (χ2v) is 33.9. The summed E-state index contributed by atoms with van der Waals surface area (Å²) in [5, 5.41) is 27.4. The van der Waals surface area contributed by atoms with Gasteiger partial charge in [-0.05, 0) is 278 Å². The van der Waals surface area contributed by atoms with E-state index in [9.17, 15) is 90.1 Å². The maximum Gasteiger partial charge on any atom is 0.416 e. The first-order valence-electron chi connectivity index (χ1n) is 43.1. The van der Waals surface area contributed by atoms with Crippen LogP contribution in [0.5, 0.6) is 51.7 Å². The summed E-state index contributed by atoms with van der Waals surface area (Å²) in [6.07, 6.45) is -20.0. The number of benzene rings is 9. The first-order valence-corrected chi connectivity index (χ1v) is 47.0. The molecule has 5 unspecified atom stereocenters. The van der Waals surface area contributed by atoms with Crippen LogP contribution in [0.3, 0.4) is 0 Å². The average molecular weight is 2120 g/mol. The molecule has 3 aliphatic rings. The van der Waals surface area contributed by atoms with Crippen LogP contribution in [0.1, 0.15) is 91.1 Å². The molecule has 142 heavy (non-hydrogen) atoms. The lowest BCUT2D eigenvalue weighted by atomic mass is 10.2. The number of aliphatic hydroxyl groups excluding tert-OH is 1. The third-order valence-electron chi connectivity index (χ3n) is 18.4. The van der Waals surface area contributed by atoms with Crippen LogP contribution >= 0.6 is 59.5 Å². The van der Waals surface area contributed by atoms with E-state index < -0.39 is 89.3 Å². The number of thiol groups is 1. The first-order chi connectivity index (χ1) is 66.7. The summed E-state index contributed by atoms with van der Waals surface area (Å²) in [6, 6.07) is 43.6. The zero-order valence-corrected chi connectivity index (χ0v) is 82.0. The second kappa shape index (κ2) is 64.3. The van der Waals surface area contributed by atoms with E-state index in [2.05, 4.69) is 12.6 Å². The molecule has 3 aliphatic heterocycles. The number of halogens is 16. The zero-order chi connectivity index (χ0) is 104. The molecule has 0 radical (unpaired) electrons. The summed E-state index contributed by atoms with van der Waals surface area (Å²) in [6.45, 7) is 17.2. The predicted molar refractivity (Wildman–Crippen MR) is 509 cm³/mol. The average Bonchev–Trinajstić information content (AvgIpc) is 1.34. The number of ether oxygens (including phenoxy) is 16. The lowest BCUT2D eigenvalue weighted by molar-refractivity contribution is -0.146. The van der Waals surface area contributed by atoms with Gasteiger partial charge in [-0.2, -0.15) is 65.9 Å². The molecule has 3 fully saturated rings. The highest BCUT2D eigenvalue weighted by molar-refractivity contribution is 7.99. The van der Waals surface area contributed by atoms with Crippen molar-refractivity contribution >= 4 is 83.4 Å². The van der Waals surface area contributed by atoms with Crippen LogP contribution in [0.15, 0.2) is 214 Å². The quantitative estimate of drug-likeness (QED) is 0.00530. The molecule has 23 nitrogen and oxygen atoms in total. The molecule has 0 aliphatic carbocycles. The molecule has 5 atom stereocenters. The molecular weight excluding hydrogens is 2010 g/mol. The lowest BCUT2D eigenvalue weighted by Crippen LogP contribution is -2.23. The molecule has 12 rings (SSSR count). The van der Waals surface area contributed by atoms with Gasteiger partial charge in [-0.25, -0.2) is 19.2 Å². The minimum atomic E-state index is -4.40. The first kappa shape index (κ1) is 124. The Morgan fingerprint density at radius 1 is 0.408 bits per heavy atom. The number of carbonyl (C=O) groups is 4. The largest absolute Gasteiger partial charge is 0.508 e. The lowest BCUT2D eigenvalue weighted by Gasteiger charge is -2.17. The third-order valence-corrected chi connectivity index (χ3v) is 22.4. The van der Waals surface area contributed by atoms with Gasteiger partial charge in [-0.1, -0.05) is 7.43 Å². The highest BCUT2D eigenvalue weighted by atomic mass is 35.5. The summed E-state index contributed by atoms with van der Waals surface area (Å²) >= 11 is 13.9. The zero-order valence-electron chi connectivity index (χ0n) is 77.9. The van der Waals surface area contributed by atoms with E-state index in [1.54, 1.807) is 63.9 Å². The van der Waals surface area contributed by atoms with E-state index in [4.69, 9.17) is 97.6 Å². The molecule has 9 aromatic rings. The number of aliphatic hydroxyl groups is 1. The maximum absolute atomic E-state index is 12.6. The molecule has 0 bridgehead atoms. The monoisotopic (exact) mass is 2120 g/mol. The number of hydrogen-bond donors (Lipinski definition) is 4. The minimum Gasteiger partial charge on any atom is -0.508 e. The number of phenolic OH excluding ortho intramolecular Hbond substituents is 1. The molecule has 0 saturated carbocycles. The molecule has 0 spiro atoms. The molecule has 0 aromatic heterocycles. The molecular formula is C99H114ClF15O23S4. The molecule has 9 aromatic carbocycles. The fourth-order valence-corrected chi connectivity index (χ4v) is 14.2. The highest BCUT2D eigenvalue weighted by Crippen LogP contribution is 2.38. The number of esters is 3. The fraction of sp³-hybridized carbons (Fsp3) is 0.414. The Labute approximate surface area is 836 Å². The number of aliphatic carboxylic acids is 1. The molecule has 784 valence electrons. The minimum absolute atomic E-state index is 0. The van der Waals surface area contributed by atoms with Gasteiger partial charge in [0.05, 0.1) is 78.9 Å². The Balaban J connectivity index is 0.000000357. The van der Waals surface area contributed by atoms with E-state index in [-0.39, 0.29) is 82.8 Å². The number of alkyl halides is 16. The predicted octanol–water partition coefficient (Wildman–Crippen LogP) is 23.5. The summed E-state index contributed by atoms with van der Waals surface area (Å²) in [7, 11) is 3.09. The van der Waals surface area contributed by atoms with Gasteiger partial charge in [0.25, 0.3) is 0 Å². The smallest absolute Gasteiger partial charge is 0.416 e. The summed E-state index contributed by atoms with van der Waals surface area (Å²) in [4.78, 5) is 48.1. The topological polar surface area (TPSA) is 283 Å². The van der Waals surface area contributed by atoms with Crippen LogP contribution in [0.2, 0.25) is 0 Å². The van der Waals surface area contributed by atoms with E-state index in [0.717, 1.165) is 134 Å². The van der Waals surface area contributed by atoms with Gasteiger partial charge in [-0.15, -0.1) is 59.5 Å². The standard InChI is InChI=1S/C22H25F3O5S.C21H23F3O5S.C20H21F3O5S.C11H14O3S.C10H9F3O2.C7H5F3O.C4H8O.C3H5ClO.CH4/c1-4-28-21(26)13-30-20-10-9-19(11-15(20)2)31-14-18(27-3)12-29-17-7-5-16(6-8-17)22(23,24)25;1-3-27-20(26)12-29-19-9-8-18(10-14(19)2)30-13-16(25)11-28-17-6-4-15(5-7-17)21(22,23)24;1-13-9-17(7-8-18(13)28-11-19(24)25)29-12-16(26-2)10-27-15-5-3-14(4-6-15)20(21,22)23;1-3-13-11(12)7-14-10-5-4-9(15)6-8(10)2;11-10(12,13)7-1-3-8(4-2-7)14-5-9-6-15-9;8-7(9,10)5-1-3-6(11)4-2-5;1-2-4-5-3-1;4-1-3-2-5-3;/h5-11,18H,4,12-14H2,1-3H3;4-10,16,25H,3,11-13H2,1-2H3;3-9,16H,10-12H2,1-2H3,(H,24,25);4-6,15H,3,7H2,1-2H3;1-4,9H,5-6H2;1-4,11H;1-4H2;3H,1-2H2;1H4. The van der Waals surface area contributed by atoms with Gasteiger partial charge in [0.15, 0.2) is 26.4 Å². The van der Waals surface area contributed by atoms with E-state index in [1.807, 2.05) is 76.2 Å². The van der Waals surface area contributed by atoms with Crippen molar-refractivity contribution in [3.05, 3.63) is 244 Å². The van der Waals surface area contributed by atoms with Crippen molar-refractivity contribution in [2.45, 2.75) is 150 Å². The number of aromatic hydroxyl groups is 1. The van der Waals surface area contributed by atoms with Gasteiger partial charge in [0.1, 0.15) is 96.5 Å². The molecule has 0 amide bonds. The van der Waals surface area contributed by atoms with E-state index >= 15 is 0 Å². The summed E-state index contributed by atoms with van der Waals surface area (Å²) < 4.78 is 268. The second-order valence-electron chi connectivity index (χ2n) is 29.8. The number of phenols is 1. The van der Waals surface area contributed by atoms with Crippen molar-refractivity contribution < 1.29 is 176 Å². The Morgan fingerprint density at radius 2 is 0.697 bits per heavy atom. The van der Waals surface area contributed by atoms with Crippen molar-refractivity contribution in [3.8, 4) is 51.7 Å². The summed E-state index contributed by atoms with van der Waals surface area (Å²) in [5.41, 5.74) is -0.149. The van der Waals surface area contributed by atoms with Crippen LogP contribution in [0.25, 0.3) is 0 Å². The van der Waals surface area contributed by atoms with Crippen molar-refractivity contribution in [1.29, 1.82) is 0 Å². The van der Waals surface area contributed by atoms with Crippen molar-refractivity contribution in [2.75, 3.05) is 136 Å². The van der Waals surface area contributed by atoms with Gasteiger partial charge in [0, 0.05) is 64.3 Å². The van der Waals surface area contributed by atoms with Crippen LogP contribution in [0.4, 0.5) is 65.9 Å². The number of carbonyl (C=O) groups excluding carboxylic acids is 3. The number of thioether (sulfide) groups is 3. The molecule has 43 heteroatoms. The summed E-state index contributed by atoms with van der Waals surface area (Å²) in [5.74, 6) is 3.45. The number of epoxide rings is 2. The number of hydrogen-bond acceptors (Lipinski definition) is 26. The van der Waals surface area contributed by atoms with Crippen LogP contribution in [-0.2, 0) is 88.0 Å². The Kier molecular flexibility index (Phi) is 56.0. The molecule has 3 heterocycles. The maximum atomic E-state index is 12.6. The van der Waals surface area contributed by atoms with E-state index in [1.165, 1.54) is 92.0 Å². The van der Waals surface area contributed by atoms with Crippen molar-refractivity contribution in [3.63, 3.8) is 0 Å². The van der Waals surface area contributed by atoms with Crippen molar-refractivity contribution in [2.24, 2.45) is 0 Å². The molecule has 3 N–H and O–H groups in total. The van der Waals surface area contributed by atoms with Gasteiger partial charge in [-0.3, -0.25) is 0 Å². The Morgan fingerprint density at radius 3 is 0.958 bits per heavy atom. The van der Waals surface area contributed by atoms with Gasteiger partial charge < -0.3 is 91.1 Å².